The van der Waals surface area contributed by atoms with Gasteiger partial charge in [-0.15, -0.1) is 0 Å². The molecule has 4 nitrogen and oxygen atoms in total. The first kappa shape index (κ1) is 17.7. The summed E-state index contributed by atoms with van der Waals surface area (Å²) >= 11 is 0. The van der Waals surface area contributed by atoms with Gasteiger partial charge in [0.05, 0.1) is 5.56 Å². The Morgan fingerprint density at radius 2 is 1.62 bits per heavy atom. The fourth-order valence-corrected chi connectivity index (χ4v) is 2.41. The maximum absolute atomic E-state index is 12.5. The van der Waals surface area contributed by atoms with Crippen molar-refractivity contribution in [1.82, 2.24) is 5.32 Å². The van der Waals surface area contributed by atoms with Crippen molar-refractivity contribution in [3.8, 4) is 0 Å². The lowest BCUT2D eigenvalue weighted by molar-refractivity contribution is 0.0205. The van der Waals surface area contributed by atoms with Crippen LogP contribution in [0, 0.1) is 0 Å². The van der Waals surface area contributed by atoms with Crippen LogP contribution in [-0.2, 0) is 4.74 Å². The molecule has 0 radical (unpaired) electrons. The first-order valence-electron chi connectivity index (χ1n) is 8.18. The Bertz CT molecular complexity index is 695. The molecule has 4 heteroatoms. The molecule has 0 saturated carbocycles. The van der Waals surface area contributed by atoms with E-state index in [9.17, 15) is 9.59 Å². The van der Waals surface area contributed by atoms with E-state index in [1.807, 2.05) is 45.0 Å². The van der Waals surface area contributed by atoms with Gasteiger partial charge in [-0.1, -0.05) is 57.2 Å². The molecule has 1 amide bonds. The minimum Gasteiger partial charge on any atom is -0.438 e. The Morgan fingerprint density at radius 1 is 1.00 bits per heavy atom. The van der Waals surface area contributed by atoms with Crippen LogP contribution in [0.15, 0.2) is 54.6 Å². The second-order valence-electron chi connectivity index (χ2n) is 5.88. The molecule has 0 spiro atoms. The van der Waals surface area contributed by atoms with E-state index in [-0.39, 0.29) is 11.8 Å². The maximum atomic E-state index is 12.5. The first-order valence-corrected chi connectivity index (χ1v) is 8.18. The Balaban J connectivity index is 2.08. The molecular weight excluding hydrogens is 302 g/mol. The normalized spacial score (nSPS) is 11.8. The molecular formula is C20H23NO3. The molecule has 2 aromatic rings. The molecule has 0 aliphatic rings. The zero-order chi connectivity index (χ0) is 17.5. The van der Waals surface area contributed by atoms with Gasteiger partial charge >= 0.3 is 5.97 Å². The summed E-state index contributed by atoms with van der Waals surface area (Å²) < 4.78 is 5.50. The lowest BCUT2D eigenvalue weighted by Crippen LogP contribution is -2.38. The van der Waals surface area contributed by atoms with E-state index >= 15 is 0 Å². The molecule has 0 saturated heterocycles. The van der Waals surface area contributed by atoms with Crippen LogP contribution in [0.5, 0.6) is 0 Å². The van der Waals surface area contributed by atoms with Gasteiger partial charge in [-0.25, -0.2) is 4.79 Å². The van der Waals surface area contributed by atoms with Crippen molar-refractivity contribution in [2.75, 3.05) is 0 Å². The topological polar surface area (TPSA) is 55.4 Å². The van der Waals surface area contributed by atoms with Crippen molar-refractivity contribution in [3.05, 3.63) is 71.3 Å². The largest absolute Gasteiger partial charge is 0.438 e. The number of esters is 1. The third kappa shape index (κ3) is 4.44. The highest BCUT2D eigenvalue weighted by atomic mass is 16.6. The molecule has 1 atom stereocenters. The van der Waals surface area contributed by atoms with Gasteiger partial charge in [0.25, 0.3) is 5.91 Å². The highest BCUT2D eigenvalue weighted by Gasteiger charge is 2.20. The fourth-order valence-electron chi connectivity index (χ4n) is 2.41. The molecule has 126 valence electrons. The molecule has 1 N–H and O–H groups in total. The summed E-state index contributed by atoms with van der Waals surface area (Å²) in [5.41, 5.74) is 2.02. The van der Waals surface area contributed by atoms with E-state index in [1.54, 1.807) is 30.3 Å². The molecule has 0 aliphatic heterocycles. The fraction of sp³-hybridized carbons (Fsp3) is 0.300. The number of ether oxygens (including phenoxy) is 1. The Kier molecular flexibility index (Phi) is 6.13. The number of rotatable bonds is 6. The van der Waals surface area contributed by atoms with Gasteiger partial charge in [-0.2, -0.15) is 0 Å². The Hall–Kier alpha value is -2.62. The van der Waals surface area contributed by atoms with E-state index < -0.39 is 12.2 Å². The summed E-state index contributed by atoms with van der Waals surface area (Å²) in [7, 11) is 0. The Labute approximate surface area is 142 Å². The van der Waals surface area contributed by atoms with Crippen LogP contribution in [0.4, 0.5) is 0 Å². The number of hydrogen-bond donors (Lipinski definition) is 1. The third-order valence-electron chi connectivity index (χ3n) is 3.75. The van der Waals surface area contributed by atoms with Crippen molar-refractivity contribution in [1.29, 1.82) is 0 Å². The van der Waals surface area contributed by atoms with Crippen molar-refractivity contribution in [2.24, 2.45) is 0 Å². The van der Waals surface area contributed by atoms with Crippen molar-refractivity contribution < 1.29 is 14.3 Å². The SMILES string of the molecule is CCC(NC(=O)c1ccccc1)OC(=O)c1ccccc1C(C)C. The highest BCUT2D eigenvalue weighted by Crippen LogP contribution is 2.20. The highest BCUT2D eigenvalue weighted by molar-refractivity contribution is 5.95. The summed E-state index contributed by atoms with van der Waals surface area (Å²) in [6.07, 6.45) is -0.167. The average Bonchev–Trinajstić information content (AvgIpc) is 2.61. The van der Waals surface area contributed by atoms with E-state index in [1.165, 1.54) is 0 Å². The van der Waals surface area contributed by atoms with Crippen LogP contribution in [0.3, 0.4) is 0 Å². The standard InChI is InChI=1S/C20H23NO3/c1-4-18(21-19(22)15-10-6-5-7-11-15)24-20(23)17-13-9-8-12-16(17)14(2)3/h5-14,18H,4H2,1-3H3,(H,21,22). The van der Waals surface area contributed by atoms with Crippen LogP contribution in [0.25, 0.3) is 0 Å². The van der Waals surface area contributed by atoms with Crippen LogP contribution in [0.1, 0.15) is 59.4 Å². The molecule has 2 aromatic carbocycles. The minimum atomic E-state index is -0.662. The summed E-state index contributed by atoms with van der Waals surface area (Å²) in [5, 5.41) is 2.75. The quantitative estimate of drug-likeness (QED) is 0.641. The van der Waals surface area contributed by atoms with Crippen molar-refractivity contribution >= 4 is 11.9 Å². The van der Waals surface area contributed by atoms with Crippen molar-refractivity contribution in [3.63, 3.8) is 0 Å². The van der Waals surface area contributed by atoms with Gasteiger partial charge in [0.1, 0.15) is 0 Å². The molecule has 2 rings (SSSR count). The maximum Gasteiger partial charge on any atom is 0.340 e. The van der Waals surface area contributed by atoms with Crippen LogP contribution < -0.4 is 5.32 Å². The molecule has 0 fully saturated rings. The smallest absolute Gasteiger partial charge is 0.340 e. The van der Waals surface area contributed by atoms with Crippen LogP contribution >= 0.6 is 0 Å². The second-order valence-corrected chi connectivity index (χ2v) is 5.88. The lowest BCUT2D eigenvalue weighted by Gasteiger charge is -2.19. The lowest BCUT2D eigenvalue weighted by atomic mass is 9.97. The number of nitrogens with one attached hydrogen (secondary N) is 1. The van der Waals surface area contributed by atoms with Crippen LogP contribution in [0.2, 0.25) is 0 Å². The predicted octanol–water partition coefficient (Wildman–Crippen LogP) is 4.13. The average molecular weight is 325 g/mol. The first-order chi connectivity index (χ1) is 11.5. The van der Waals surface area contributed by atoms with Gasteiger partial charge in [-0.3, -0.25) is 4.79 Å². The number of benzene rings is 2. The van der Waals surface area contributed by atoms with Crippen molar-refractivity contribution in [2.45, 2.75) is 39.3 Å². The molecule has 0 bridgehead atoms. The number of carbonyl (C=O) groups is 2. The summed E-state index contributed by atoms with van der Waals surface area (Å²) in [6, 6.07) is 16.3. The van der Waals surface area contributed by atoms with Gasteiger partial charge in [0, 0.05) is 12.0 Å². The zero-order valence-electron chi connectivity index (χ0n) is 14.3. The van der Waals surface area contributed by atoms with Gasteiger partial charge in [0.2, 0.25) is 0 Å². The third-order valence-corrected chi connectivity index (χ3v) is 3.75. The number of hydrogen-bond acceptors (Lipinski definition) is 3. The predicted molar refractivity (Wildman–Crippen MR) is 93.9 cm³/mol. The summed E-state index contributed by atoms with van der Waals surface area (Å²) in [5.74, 6) is -0.459. The van der Waals surface area contributed by atoms with Crippen LogP contribution in [-0.4, -0.2) is 18.1 Å². The molecule has 24 heavy (non-hydrogen) atoms. The van der Waals surface area contributed by atoms with E-state index in [2.05, 4.69) is 5.32 Å². The van der Waals surface area contributed by atoms with E-state index in [4.69, 9.17) is 4.74 Å². The van der Waals surface area contributed by atoms with E-state index in [0.29, 0.717) is 17.5 Å². The zero-order valence-corrected chi connectivity index (χ0v) is 14.3. The number of carbonyl (C=O) groups excluding carboxylic acids is 2. The van der Waals surface area contributed by atoms with E-state index in [0.717, 1.165) is 5.56 Å². The van der Waals surface area contributed by atoms with Gasteiger partial charge in [-0.05, 0) is 29.7 Å². The number of amides is 1. The Morgan fingerprint density at radius 3 is 2.25 bits per heavy atom. The molecule has 0 aromatic heterocycles. The molecule has 1 unspecified atom stereocenters. The van der Waals surface area contributed by atoms with Gasteiger partial charge in [0.15, 0.2) is 6.23 Å². The summed E-state index contributed by atoms with van der Waals surface area (Å²) in [4.78, 5) is 24.7. The molecule has 0 heterocycles. The monoisotopic (exact) mass is 325 g/mol. The van der Waals surface area contributed by atoms with Gasteiger partial charge < -0.3 is 10.1 Å². The molecule has 0 aliphatic carbocycles. The summed E-state index contributed by atoms with van der Waals surface area (Å²) in [6.45, 7) is 5.92. The minimum absolute atomic E-state index is 0.215. The second kappa shape index (κ2) is 8.29.